The number of hydrogen-bond acceptors (Lipinski definition) is 1. The number of ketones is 1. The minimum Gasteiger partial charge on any atom is -0.289 e. The van der Waals surface area contributed by atoms with Crippen LogP contribution in [0.4, 0.5) is 8.78 Å². The molecule has 3 heteroatoms. The first-order valence-corrected chi connectivity index (χ1v) is 8.13. The molecule has 0 fully saturated rings. The second-order valence-corrected chi connectivity index (χ2v) is 6.92. The molecule has 0 N–H and O–H groups in total. The molecule has 1 aliphatic carbocycles. The Balaban J connectivity index is 1.85. The monoisotopic (exact) mass is 334 g/mol. The minimum atomic E-state index is -0.754. The third-order valence-electron chi connectivity index (χ3n) is 4.97. The Bertz CT molecular complexity index is 998. The second kappa shape index (κ2) is 5.35. The van der Waals surface area contributed by atoms with Crippen molar-refractivity contribution in [2.24, 2.45) is 0 Å². The molecule has 0 aliphatic heterocycles. The fraction of sp³-hybridized carbons (Fsp3) is 0.136. The van der Waals surface area contributed by atoms with Crippen molar-refractivity contribution in [3.63, 3.8) is 0 Å². The number of hydrogen-bond donors (Lipinski definition) is 0. The SMILES string of the molecule is CC1(C)c2ccccc2-c2cc(C(=O)c3cc(F)cc(F)c3)ccc21. The van der Waals surface area contributed by atoms with Crippen molar-refractivity contribution < 1.29 is 13.6 Å². The van der Waals surface area contributed by atoms with Gasteiger partial charge < -0.3 is 0 Å². The standard InChI is InChI=1S/C22H16F2O/c1-22(2)19-6-4-3-5-17(19)18-11-13(7-8-20(18)22)21(25)14-9-15(23)12-16(24)10-14/h3-12H,1-2H3. The van der Waals surface area contributed by atoms with E-state index in [2.05, 4.69) is 19.9 Å². The van der Waals surface area contributed by atoms with Crippen LogP contribution in [0.1, 0.15) is 40.9 Å². The van der Waals surface area contributed by atoms with Crippen molar-refractivity contribution in [1.82, 2.24) is 0 Å². The van der Waals surface area contributed by atoms with Crippen molar-refractivity contribution in [1.29, 1.82) is 0 Å². The maximum absolute atomic E-state index is 13.4. The molecule has 0 atom stereocenters. The largest absolute Gasteiger partial charge is 0.289 e. The number of halogens is 2. The van der Waals surface area contributed by atoms with Crippen molar-refractivity contribution in [2.75, 3.05) is 0 Å². The molecule has 0 saturated heterocycles. The molecule has 4 rings (SSSR count). The number of carbonyl (C=O) groups excluding carboxylic acids is 1. The van der Waals surface area contributed by atoms with Crippen LogP contribution in [-0.4, -0.2) is 5.78 Å². The molecule has 0 unspecified atom stereocenters. The van der Waals surface area contributed by atoms with Gasteiger partial charge in [-0.05, 0) is 40.5 Å². The highest BCUT2D eigenvalue weighted by Crippen LogP contribution is 2.48. The average molecular weight is 334 g/mol. The highest BCUT2D eigenvalue weighted by Gasteiger charge is 2.35. The fourth-order valence-electron chi connectivity index (χ4n) is 3.71. The average Bonchev–Trinajstić information content (AvgIpc) is 2.81. The van der Waals surface area contributed by atoms with Gasteiger partial charge in [-0.2, -0.15) is 0 Å². The molecule has 1 nitrogen and oxygen atoms in total. The van der Waals surface area contributed by atoms with E-state index in [1.54, 1.807) is 6.07 Å². The first kappa shape index (κ1) is 15.7. The summed E-state index contributed by atoms with van der Waals surface area (Å²) in [7, 11) is 0. The third-order valence-corrected chi connectivity index (χ3v) is 4.97. The van der Waals surface area contributed by atoms with E-state index in [0.717, 1.165) is 34.9 Å². The zero-order valence-corrected chi connectivity index (χ0v) is 13.9. The van der Waals surface area contributed by atoms with Gasteiger partial charge in [0.2, 0.25) is 0 Å². The van der Waals surface area contributed by atoms with Gasteiger partial charge in [0.1, 0.15) is 11.6 Å². The lowest BCUT2D eigenvalue weighted by Gasteiger charge is -2.21. The summed E-state index contributed by atoms with van der Waals surface area (Å²) in [5, 5.41) is 0. The van der Waals surface area contributed by atoms with Crippen LogP contribution < -0.4 is 0 Å². The molecule has 0 bridgehead atoms. The van der Waals surface area contributed by atoms with Gasteiger partial charge in [0, 0.05) is 22.6 Å². The van der Waals surface area contributed by atoms with Crippen molar-refractivity contribution >= 4 is 5.78 Å². The summed E-state index contributed by atoms with van der Waals surface area (Å²) in [5.41, 5.74) is 4.77. The lowest BCUT2D eigenvalue weighted by atomic mass is 9.82. The molecule has 0 heterocycles. The van der Waals surface area contributed by atoms with Crippen LogP contribution in [-0.2, 0) is 5.41 Å². The molecule has 0 spiro atoms. The van der Waals surface area contributed by atoms with E-state index in [1.165, 1.54) is 5.56 Å². The molecule has 0 aromatic heterocycles. The predicted octanol–water partition coefficient (Wildman–Crippen LogP) is 5.50. The van der Waals surface area contributed by atoms with Gasteiger partial charge in [-0.15, -0.1) is 0 Å². The van der Waals surface area contributed by atoms with Crippen molar-refractivity contribution in [2.45, 2.75) is 19.3 Å². The maximum atomic E-state index is 13.4. The Morgan fingerprint density at radius 3 is 2.12 bits per heavy atom. The maximum Gasteiger partial charge on any atom is 0.193 e. The van der Waals surface area contributed by atoms with Crippen molar-refractivity contribution in [3.8, 4) is 11.1 Å². The number of rotatable bonds is 2. The molecule has 3 aromatic rings. The summed E-state index contributed by atoms with van der Waals surface area (Å²) in [6.07, 6.45) is 0. The van der Waals surface area contributed by atoms with Crippen LogP contribution in [0, 0.1) is 11.6 Å². The first-order chi connectivity index (χ1) is 11.9. The Kier molecular flexibility index (Phi) is 3.36. The highest BCUT2D eigenvalue weighted by molar-refractivity contribution is 6.10. The summed E-state index contributed by atoms with van der Waals surface area (Å²) in [6, 6.07) is 16.5. The second-order valence-electron chi connectivity index (χ2n) is 6.92. The van der Waals surface area contributed by atoms with Gasteiger partial charge in [-0.25, -0.2) is 8.78 Å². The summed E-state index contributed by atoms with van der Waals surface area (Å²) < 4.78 is 26.9. The van der Waals surface area contributed by atoms with Gasteiger partial charge >= 0.3 is 0 Å². The Labute approximate surface area is 144 Å². The summed E-state index contributed by atoms with van der Waals surface area (Å²) in [6.45, 7) is 4.31. The number of benzene rings is 3. The predicted molar refractivity (Wildman–Crippen MR) is 93.8 cm³/mol. The topological polar surface area (TPSA) is 17.1 Å². The lowest BCUT2D eigenvalue weighted by Crippen LogP contribution is -2.15. The molecule has 124 valence electrons. The van der Waals surface area contributed by atoms with Crippen LogP contribution >= 0.6 is 0 Å². The highest BCUT2D eigenvalue weighted by atomic mass is 19.1. The normalized spacial score (nSPS) is 14.1. The smallest absolute Gasteiger partial charge is 0.193 e. The number of fused-ring (bicyclic) bond motifs is 3. The summed E-state index contributed by atoms with van der Waals surface area (Å²) >= 11 is 0. The molecular formula is C22H16F2O. The molecule has 3 aromatic carbocycles. The minimum absolute atomic E-state index is 0.0167. The van der Waals surface area contributed by atoms with Gasteiger partial charge in [0.15, 0.2) is 5.78 Å². The van der Waals surface area contributed by atoms with E-state index in [4.69, 9.17) is 0 Å². The van der Waals surface area contributed by atoms with Crippen LogP contribution in [0.3, 0.4) is 0 Å². The Morgan fingerprint density at radius 2 is 1.40 bits per heavy atom. The molecule has 0 amide bonds. The Hall–Kier alpha value is -2.81. The Morgan fingerprint density at radius 1 is 0.760 bits per heavy atom. The van der Waals surface area contributed by atoms with Crippen LogP contribution in [0.2, 0.25) is 0 Å². The van der Waals surface area contributed by atoms with Crippen molar-refractivity contribution in [3.05, 3.63) is 94.6 Å². The van der Waals surface area contributed by atoms with E-state index in [9.17, 15) is 13.6 Å². The molecule has 25 heavy (non-hydrogen) atoms. The van der Waals surface area contributed by atoms with E-state index in [0.29, 0.717) is 5.56 Å². The quantitative estimate of drug-likeness (QED) is 0.565. The summed E-state index contributed by atoms with van der Waals surface area (Å²) in [5.74, 6) is -1.89. The molecular weight excluding hydrogens is 318 g/mol. The van der Waals surface area contributed by atoms with E-state index < -0.39 is 11.6 Å². The zero-order valence-electron chi connectivity index (χ0n) is 13.9. The van der Waals surface area contributed by atoms with Gasteiger partial charge in [0.25, 0.3) is 0 Å². The molecule has 0 radical (unpaired) electrons. The van der Waals surface area contributed by atoms with E-state index >= 15 is 0 Å². The summed E-state index contributed by atoms with van der Waals surface area (Å²) in [4.78, 5) is 12.7. The molecule has 1 aliphatic rings. The van der Waals surface area contributed by atoms with Gasteiger partial charge in [0.05, 0.1) is 0 Å². The van der Waals surface area contributed by atoms with E-state index in [1.807, 2.05) is 30.3 Å². The third kappa shape index (κ3) is 2.39. The van der Waals surface area contributed by atoms with E-state index in [-0.39, 0.29) is 16.8 Å². The van der Waals surface area contributed by atoms with Crippen LogP contribution in [0.15, 0.2) is 60.7 Å². The lowest BCUT2D eigenvalue weighted by molar-refractivity contribution is 0.103. The number of carbonyl (C=O) groups is 1. The first-order valence-electron chi connectivity index (χ1n) is 8.13. The van der Waals surface area contributed by atoms with Crippen LogP contribution in [0.5, 0.6) is 0 Å². The van der Waals surface area contributed by atoms with Crippen LogP contribution in [0.25, 0.3) is 11.1 Å². The van der Waals surface area contributed by atoms with Gasteiger partial charge in [-0.1, -0.05) is 50.2 Å². The van der Waals surface area contributed by atoms with Gasteiger partial charge in [-0.3, -0.25) is 4.79 Å². The fourth-order valence-corrected chi connectivity index (χ4v) is 3.71. The molecule has 0 saturated carbocycles. The zero-order chi connectivity index (χ0) is 17.8.